The molecule has 0 saturated heterocycles. The highest BCUT2D eigenvalue weighted by Crippen LogP contribution is 2.25. The van der Waals surface area contributed by atoms with E-state index in [1.54, 1.807) is 0 Å². The van der Waals surface area contributed by atoms with Gasteiger partial charge in [-0.25, -0.2) is 0 Å². The second kappa shape index (κ2) is 7.80. The average Bonchev–Trinajstić information content (AvgIpc) is 2.25. The lowest BCUT2D eigenvalue weighted by molar-refractivity contribution is -0.129. The van der Waals surface area contributed by atoms with Gasteiger partial charge in [-0.15, -0.1) is 0 Å². The molecule has 0 aromatic carbocycles. The van der Waals surface area contributed by atoms with Gasteiger partial charge in [0.1, 0.15) is 5.78 Å². The monoisotopic (exact) mass is 228 g/mol. The Morgan fingerprint density at radius 1 is 1.44 bits per heavy atom. The molecule has 0 aliphatic heterocycles. The van der Waals surface area contributed by atoms with Crippen molar-refractivity contribution >= 4 is 5.78 Å². The van der Waals surface area contributed by atoms with Crippen molar-refractivity contribution in [2.24, 2.45) is 5.92 Å². The fourth-order valence-electron chi connectivity index (χ4n) is 2.26. The van der Waals surface area contributed by atoms with Crippen LogP contribution in [0.3, 0.4) is 0 Å². The maximum Gasteiger partial charge on any atom is 0.154 e. The molecule has 0 heterocycles. The van der Waals surface area contributed by atoms with Crippen LogP contribution in [0.15, 0.2) is 0 Å². The van der Waals surface area contributed by atoms with Gasteiger partial charge < -0.3 is 9.47 Å². The van der Waals surface area contributed by atoms with Crippen LogP contribution < -0.4 is 0 Å². The highest BCUT2D eigenvalue weighted by atomic mass is 16.7. The first kappa shape index (κ1) is 13.7. The number of ether oxygens (including phenoxy) is 2. The summed E-state index contributed by atoms with van der Waals surface area (Å²) in [5.41, 5.74) is 0. The lowest BCUT2D eigenvalue weighted by atomic mass is 9.85. The van der Waals surface area contributed by atoms with Gasteiger partial charge in [0.05, 0.1) is 0 Å². The molecular formula is C13H24O3. The van der Waals surface area contributed by atoms with Crippen LogP contribution in [0.4, 0.5) is 0 Å². The molecule has 0 aromatic heterocycles. The van der Waals surface area contributed by atoms with Gasteiger partial charge in [0, 0.05) is 26.1 Å². The van der Waals surface area contributed by atoms with E-state index in [9.17, 15) is 4.79 Å². The number of carbonyl (C=O) groups is 1. The lowest BCUT2D eigenvalue weighted by Crippen LogP contribution is -2.17. The minimum atomic E-state index is -0.0991. The third-order valence-corrected chi connectivity index (χ3v) is 3.09. The van der Waals surface area contributed by atoms with E-state index in [1.807, 2.05) is 13.8 Å². The molecule has 3 heteroatoms. The molecule has 0 amide bonds. The maximum atomic E-state index is 11.2. The van der Waals surface area contributed by atoms with Crippen LogP contribution in [0, 0.1) is 5.92 Å². The second-order valence-electron chi connectivity index (χ2n) is 4.54. The van der Waals surface area contributed by atoms with Gasteiger partial charge in [0.15, 0.2) is 6.29 Å². The highest BCUT2D eigenvalue weighted by molar-refractivity contribution is 5.79. The standard InChI is InChI=1S/C13H24O3/c1-3-15-11(2)16-9-5-7-12-6-4-8-13(14)10-12/h11-12H,3-10H2,1-2H3/t11?,12-/m1/s1. The average molecular weight is 228 g/mol. The van der Waals surface area contributed by atoms with Gasteiger partial charge in [0.25, 0.3) is 0 Å². The molecule has 2 atom stereocenters. The Hall–Kier alpha value is -0.410. The van der Waals surface area contributed by atoms with E-state index in [2.05, 4.69) is 0 Å². The van der Waals surface area contributed by atoms with Crippen LogP contribution in [0.1, 0.15) is 52.4 Å². The molecule has 1 unspecified atom stereocenters. The smallest absolute Gasteiger partial charge is 0.154 e. The first-order chi connectivity index (χ1) is 7.72. The number of hydrogen-bond donors (Lipinski definition) is 0. The Morgan fingerprint density at radius 3 is 2.94 bits per heavy atom. The van der Waals surface area contributed by atoms with Gasteiger partial charge in [-0.05, 0) is 45.4 Å². The normalized spacial score (nSPS) is 23.4. The van der Waals surface area contributed by atoms with Gasteiger partial charge in [-0.1, -0.05) is 0 Å². The molecule has 1 rings (SSSR count). The molecule has 1 fully saturated rings. The summed E-state index contributed by atoms with van der Waals surface area (Å²) in [4.78, 5) is 11.2. The number of carbonyl (C=O) groups excluding carboxylic acids is 1. The third kappa shape index (κ3) is 5.61. The summed E-state index contributed by atoms with van der Waals surface area (Å²) in [5.74, 6) is 1.05. The zero-order valence-corrected chi connectivity index (χ0v) is 10.5. The first-order valence-electron chi connectivity index (χ1n) is 6.47. The molecule has 0 spiro atoms. The first-order valence-corrected chi connectivity index (χ1v) is 6.47. The molecule has 16 heavy (non-hydrogen) atoms. The second-order valence-corrected chi connectivity index (χ2v) is 4.54. The Balaban J connectivity index is 2.00. The summed E-state index contributed by atoms with van der Waals surface area (Å²) >= 11 is 0. The number of rotatable bonds is 7. The van der Waals surface area contributed by atoms with Crippen LogP contribution in [-0.2, 0) is 14.3 Å². The van der Waals surface area contributed by atoms with Crippen molar-refractivity contribution in [1.29, 1.82) is 0 Å². The van der Waals surface area contributed by atoms with Gasteiger partial charge in [-0.3, -0.25) is 4.79 Å². The van der Waals surface area contributed by atoms with Crippen LogP contribution in [0.2, 0.25) is 0 Å². The Morgan fingerprint density at radius 2 is 2.25 bits per heavy atom. The van der Waals surface area contributed by atoms with E-state index in [0.717, 1.165) is 38.7 Å². The summed E-state index contributed by atoms with van der Waals surface area (Å²) in [6.45, 7) is 5.32. The third-order valence-electron chi connectivity index (χ3n) is 3.09. The zero-order chi connectivity index (χ0) is 11.8. The number of ketones is 1. The highest BCUT2D eigenvalue weighted by Gasteiger charge is 2.18. The van der Waals surface area contributed by atoms with Crippen LogP contribution in [0.25, 0.3) is 0 Å². The van der Waals surface area contributed by atoms with Gasteiger partial charge in [0.2, 0.25) is 0 Å². The number of Topliss-reactive ketones (excluding diaryl/α,β-unsaturated/α-hetero) is 1. The van der Waals surface area contributed by atoms with E-state index in [1.165, 1.54) is 6.42 Å². The zero-order valence-electron chi connectivity index (χ0n) is 10.5. The van der Waals surface area contributed by atoms with E-state index in [0.29, 0.717) is 18.3 Å². The van der Waals surface area contributed by atoms with Crippen molar-refractivity contribution in [3.63, 3.8) is 0 Å². The van der Waals surface area contributed by atoms with Crippen molar-refractivity contribution in [2.45, 2.75) is 58.7 Å². The topological polar surface area (TPSA) is 35.5 Å². The minimum absolute atomic E-state index is 0.0991. The summed E-state index contributed by atoms with van der Waals surface area (Å²) < 4.78 is 10.8. The summed E-state index contributed by atoms with van der Waals surface area (Å²) in [6, 6.07) is 0. The Kier molecular flexibility index (Phi) is 6.65. The lowest BCUT2D eigenvalue weighted by Gasteiger charge is -2.20. The molecule has 1 aliphatic carbocycles. The molecule has 0 N–H and O–H groups in total. The van der Waals surface area contributed by atoms with Crippen molar-refractivity contribution in [3.8, 4) is 0 Å². The molecule has 0 bridgehead atoms. The van der Waals surface area contributed by atoms with Crippen LogP contribution in [0.5, 0.6) is 0 Å². The van der Waals surface area contributed by atoms with Crippen molar-refractivity contribution in [2.75, 3.05) is 13.2 Å². The molecule has 94 valence electrons. The van der Waals surface area contributed by atoms with E-state index in [4.69, 9.17) is 9.47 Å². The predicted octanol–water partition coefficient (Wildman–Crippen LogP) is 2.93. The molecule has 3 nitrogen and oxygen atoms in total. The predicted molar refractivity (Wildman–Crippen MR) is 63.2 cm³/mol. The van der Waals surface area contributed by atoms with Crippen LogP contribution >= 0.6 is 0 Å². The van der Waals surface area contributed by atoms with Crippen molar-refractivity contribution in [1.82, 2.24) is 0 Å². The SMILES string of the molecule is CCOC(C)OCCC[C@H]1CCCC(=O)C1. The summed E-state index contributed by atoms with van der Waals surface area (Å²) in [5, 5.41) is 0. The minimum Gasteiger partial charge on any atom is -0.353 e. The molecular weight excluding hydrogens is 204 g/mol. The van der Waals surface area contributed by atoms with E-state index < -0.39 is 0 Å². The van der Waals surface area contributed by atoms with Gasteiger partial charge in [-0.2, -0.15) is 0 Å². The summed E-state index contributed by atoms with van der Waals surface area (Å²) in [7, 11) is 0. The van der Waals surface area contributed by atoms with Crippen molar-refractivity contribution in [3.05, 3.63) is 0 Å². The van der Waals surface area contributed by atoms with Crippen molar-refractivity contribution < 1.29 is 14.3 Å². The quantitative estimate of drug-likeness (QED) is 0.496. The maximum absolute atomic E-state index is 11.2. The number of hydrogen-bond acceptors (Lipinski definition) is 3. The molecule has 0 aromatic rings. The van der Waals surface area contributed by atoms with Crippen LogP contribution in [-0.4, -0.2) is 25.3 Å². The molecule has 0 radical (unpaired) electrons. The summed E-state index contributed by atoms with van der Waals surface area (Å²) in [6.07, 6.45) is 5.94. The van der Waals surface area contributed by atoms with E-state index in [-0.39, 0.29) is 6.29 Å². The van der Waals surface area contributed by atoms with E-state index >= 15 is 0 Å². The molecule has 1 saturated carbocycles. The Bertz CT molecular complexity index is 203. The fourth-order valence-corrected chi connectivity index (χ4v) is 2.26. The molecule has 1 aliphatic rings. The largest absolute Gasteiger partial charge is 0.353 e. The van der Waals surface area contributed by atoms with Gasteiger partial charge >= 0.3 is 0 Å². The fraction of sp³-hybridized carbons (Fsp3) is 0.923. The Labute approximate surface area is 98.5 Å².